The summed E-state index contributed by atoms with van der Waals surface area (Å²) in [5.74, 6) is 0.0276. The molecule has 1 aromatic rings. The van der Waals surface area contributed by atoms with Crippen LogP contribution in [-0.4, -0.2) is 32.6 Å². The molecule has 4 nitrogen and oxygen atoms in total. The number of halogens is 1. The van der Waals surface area contributed by atoms with Crippen LogP contribution in [0.1, 0.15) is 19.4 Å². The second-order valence-electron chi connectivity index (χ2n) is 4.27. The number of hydrogen-bond donors (Lipinski definition) is 2. The Bertz CT molecular complexity index is 423. The molecule has 0 saturated heterocycles. The van der Waals surface area contributed by atoms with E-state index in [0.29, 0.717) is 13.1 Å². The third-order valence-electron chi connectivity index (χ3n) is 2.86. The van der Waals surface area contributed by atoms with Gasteiger partial charge in [-0.1, -0.05) is 17.7 Å². The van der Waals surface area contributed by atoms with Crippen molar-refractivity contribution in [1.82, 2.24) is 10.6 Å². The first-order valence-electron chi connectivity index (χ1n) is 6.57. The number of anilines is 1. The van der Waals surface area contributed by atoms with Crippen molar-refractivity contribution in [2.45, 2.75) is 20.4 Å². The molecule has 0 fully saturated rings. The zero-order valence-electron chi connectivity index (χ0n) is 11.8. The number of likely N-dealkylation sites (N-methyl/N-ethyl adjacent to an activating group) is 2. The average Bonchev–Trinajstić information content (AvgIpc) is 2.39. The van der Waals surface area contributed by atoms with Crippen molar-refractivity contribution in [3.05, 3.63) is 28.8 Å². The fraction of sp³-hybridized carbons (Fsp3) is 0.500. The van der Waals surface area contributed by atoms with Crippen LogP contribution < -0.4 is 15.5 Å². The van der Waals surface area contributed by atoms with Gasteiger partial charge in [-0.2, -0.15) is 0 Å². The molecule has 5 heteroatoms. The van der Waals surface area contributed by atoms with Crippen LogP contribution in [0.3, 0.4) is 0 Å². The predicted octanol–water partition coefficient (Wildman–Crippen LogP) is 2.02. The molecule has 0 aromatic heterocycles. The minimum absolute atomic E-state index is 0.0276. The van der Waals surface area contributed by atoms with E-state index in [0.717, 1.165) is 29.4 Å². The molecule has 2 N–H and O–H groups in total. The van der Waals surface area contributed by atoms with E-state index < -0.39 is 0 Å². The van der Waals surface area contributed by atoms with E-state index in [4.69, 9.17) is 11.6 Å². The fourth-order valence-electron chi connectivity index (χ4n) is 1.88. The fourth-order valence-corrected chi connectivity index (χ4v) is 2.12. The minimum Gasteiger partial charge on any atom is -0.362 e. The minimum atomic E-state index is 0.0276. The van der Waals surface area contributed by atoms with Crippen LogP contribution in [0.25, 0.3) is 0 Å². The van der Waals surface area contributed by atoms with E-state index in [1.54, 1.807) is 0 Å². The Kier molecular flexibility index (Phi) is 6.67. The van der Waals surface area contributed by atoms with Gasteiger partial charge in [0.15, 0.2) is 0 Å². The van der Waals surface area contributed by atoms with Gasteiger partial charge in [-0.15, -0.1) is 0 Å². The van der Waals surface area contributed by atoms with Gasteiger partial charge < -0.3 is 15.5 Å². The van der Waals surface area contributed by atoms with Crippen molar-refractivity contribution in [2.75, 3.05) is 31.6 Å². The maximum Gasteiger partial charge on any atom is 0.239 e. The Morgan fingerprint density at radius 1 is 1.37 bits per heavy atom. The van der Waals surface area contributed by atoms with Crippen molar-refractivity contribution in [3.63, 3.8) is 0 Å². The van der Waals surface area contributed by atoms with Crippen molar-refractivity contribution < 1.29 is 4.79 Å². The predicted molar refractivity (Wildman–Crippen MR) is 80.8 cm³/mol. The highest BCUT2D eigenvalue weighted by Crippen LogP contribution is 2.23. The zero-order chi connectivity index (χ0) is 14.3. The molecule has 0 spiro atoms. The van der Waals surface area contributed by atoms with Crippen LogP contribution in [0.2, 0.25) is 5.02 Å². The van der Waals surface area contributed by atoms with Crippen LogP contribution in [0.4, 0.5) is 5.69 Å². The Balaban J connectivity index is 2.81. The molecule has 1 rings (SSSR count). The Labute approximate surface area is 120 Å². The lowest BCUT2D eigenvalue weighted by atomic mass is 10.2. The molecule has 0 atom stereocenters. The molecule has 0 heterocycles. The van der Waals surface area contributed by atoms with Crippen LogP contribution in [0, 0.1) is 0 Å². The first-order chi connectivity index (χ1) is 9.12. The van der Waals surface area contributed by atoms with Crippen molar-refractivity contribution in [2.24, 2.45) is 0 Å². The Hall–Kier alpha value is -1.26. The number of benzene rings is 1. The van der Waals surface area contributed by atoms with E-state index >= 15 is 0 Å². The SMILES string of the molecule is CCNC(=O)CN(CC)c1ccc(CNC)c(Cl)c1. The van der Waals surface area contributed by atoms with Gasteiger partial charge >= 0.3 is 0 Å². The first-order valence-corrected chi connectivity index (χ1v) is 6.94. The summed E-state index contributed by atoms with van der Waals surface area (Å²) in [6.07, 6.45) is 0. The molecule has 1 amide bonds. The van der Waals surface area contributed by atoms with E-state index in [2.05, 4.69) is 10.6 Å². The first kappa shape index (κ1) is 15.8. The molecule has 0 unspecified atom stereocenters. The Morgan fingerprint density at radius 3 is 2.63 bits per heavy atom. The van der Waals surface area contributed by atoms with Gasteiger partial charge in [-0.25, -0.2) is 0 Å². The van der Waals surface area contributed by atoms with Gasteiger partial charge in [0, 0.05) is 30.3 Å². The number of rotatable bonds is 7. The summed E-state index contributed by atoms with van der Waals surface area (Å²) in [5.41, 5.74) is 2.03. The molecule has 0 aliphatic heterocycles. The quantitative estimate of drug-likeness (QED) is 0.805. The van der Waals surface area contributed by atoms with Crippen LogP contribution in [0.15, 0.2) is 18.2 Å². The van der Waals surface area contributed by atoms with Gasteiger partial charge in [0.05, 0.1) is 6.54 Å². The normalized spacial score (nSPS) is 10.3. The molecule has 0 radical (unpaired) electrons. The Morgan fingerprint density at radius 2 is 2.11 bits per heavy atom. The number of nitrogens with zero attached hydrogens (tertiary/aromatic N) is 1. The lowest BCUT2D eigenvalue weighted by molar-refractivity contribution is -0.119. The largest absolute Gasteiger partial charge is 0.362 e. The highest BCUT2D eigenvalue weighted by molar-refractivity contribution is 6.31. The van der Waals surface area contributed by atoms with E-state index in [-0.39, 0.29) is 5.91 Å². The van der Waals surface area contributed by atoms with Gasteiger partial charge in [0.25, 0.3) is 0 Å². The van der Waals surface area contributed by atoms with Gasteiger partial charge in [-0.05, 0) is 38.6 Å². The summed E-state index contributed by atoms with van der Waals surface area (Å²) >= 11 is 6.24. The number of carbonyl (C=O) groups excluding carboxylic acids is 1. The summed E-state index contributed by atoms with van der Waals surface area (Å²) in [6.45, 7) is 6.44. The smallest absolute Gasteiger partial charge is 0.239 e. The second kappa shape index (κ2) is 8.02. The van der Waals surface area contributed by atoms with E-state index in [9.17, 15) is 4.79 Å². The lowest BCUT2D eigenvalue weighted by Crippen LogP contribution is -2.37. The average molecular weight is 284 g/mol. The van der Waals surface area contributed by atoms with Crippen molar-refractivity contribution in [3.8, 4) is 0 Å². The van der Waals surface area contributed by atoms with Crippen LogP contribution in [-0.2, 0) is 11.3 Å². The number of hydrogen-bond acceptors (Lipinski definition) is 3. The van der Waals surface area contributed by atoms with Gasteiger partial charge in [0.2, 0.25) is 5.91 Å². The maximum absolute atomic E-state index is 11.6. The summed E-state index contributed by atoms with van der Waals surface area (Å²) in [4.78, 5) is 13.6. The zero-order valence-corrected chi connectivity index (χ0v) is 12.5. The third-order valence-corrected chi connectivity index (χ3v) is 3.21. The third kappa shape index (κ3) is 4.73. The lowest BCUT2D eigenvalue weighted by Gasteiger charge is -2.23. The van der Waals surface area contributed by atoms with Gasteiger partial charge in [-0.3, -0.25) is 4.79 Å². The molecule has 19 heavy (non-hydrogen) atoms. The summed E-state index contributed by atoms with van der Waals surface area (Å²) in [6, 6.07) is 5.91. The highest BCUT2D eigenvalue weighted by Gasteiger charge is 2.11. The van der Waals surface area contributed by atoms with Gasteiger partial charge in [0.1, 0.15) is 0 Å². The monoisotopic (exact) mass is 283 g/mol. The highest BCUT2D eigenvalue weighted by atomic mass is 35.5. The molecule has 0 bridgehead atoms. The summed E-state index contributed by atoms with van der Waals surface area (Å²) in [5, 5.41) is 6.60. The number of amides is 1. The molecular weight excluding hydrogens is 262 g/mol. The number of carbonyl (C=O) groups is 1. The number of nitrogens with one attached hydrogen (secondary N) is 2. The second-order valence-corrected chi connectivity index (χ2v) is 4.68. The maximum atomic E-state index is 11.6. The van der Waals surface area contributed by atoms with E-state index in [1.165, 1.54) is 0 Å². The molecule has 1 aromatic carbocycles. The topological polar surface area (TPSA) is 44.4 Å². The molecule has 0 aliphatic rings. The van der Waals surface area contributed by atoms with Crippen LogP contribution >= 0.6 is 11.6 Å². The summed E-state index contributed by atoms with van der Waals surface area (Å²) in [7, 11) is 1.89. The van der Waals surface area contributed by atoms with Crippen LogP contribution in [0.5, 0.6) is 0 Å². The molecular formula is C14H22ClN3O. The molecule has 106 valence electrons. The van der Waals surface area contributed by atoms with E-state index in [1.807, 2.05) is 44.0 Å². The standard InChI is InChI=1S/C14H22ClN3O/c1-4-17-14(19)10-18(5-2)12-7-6-11(9-16-3)13(15)8-12/h6-8,16H,4-5,9-10H2,1-3H3,(H,17,19). The molecule has 0 aliphatic carbocycles. The van der Waals surface area contributed by atoms with Crippen molar-refractivity contribution in [1.29, 1.82) is 0 Å². The van der Waals surface area contributed by atoms with Crippen molar-refractivity contribution >= 4 is 23.2 Å². The summed E-state index contributed by atoms with van der Waals surface area (Å²) < 4.78 is 0. The molecule has 0 saturated carbocycles.